The third kappa shape index (κ3) is 66.0. The van der Waals surface area contributed by atoms with Crippen LogP contribution in [0.25, 0.3) is 0 Å². The van der Waals surface area contributed by atoms with E-state index in [-0.39, 0.29) is 31.1 Å². The van der Waals surface area contributed by atoms with Crippen molar-refractivity contribution in [3.05, 3.63) is 146 Å². The summed E-state index contributed by atoms with van der Waals surface area (Å²) in [6.07, 6.45) is 97.2. The molecule has 81 heavy (non-hydrogen) atoms. The second-order valence-corrected chi connectivity index (χ2v) is 21.6. The van der Waals surface area contributed by atoms with Gasteiger partial charge in [0, 0.05) is 19.3 Å². The Morgan fingerprint density at radius 1 is 0.259 bits per heavy atom. The standard InChI is InChI=1S/C75H122O6/c1-4-7-10-13-16-19-22-25-27-29-31-33-34-35-36-37-38-39-40-42-43-45-47-50-53-56-59-62-65-68-74(77)80-71-72(70-79-73(76)67-64-61-58-55-52-49-24-21-18-15-12-9-6-3)81-75(78)69-66-63-60-57-54-51-48-46-44-41-32-30-28-26-23-20-17-14-11-8-5-2/h7,9-10,12,16,18-19,21,23,25-27,30-33,35-36,38-39,44,46,49,52,72H,4-6,8,11,13-15,17,20,22,24,28-29,34,37,40-43,45,47-48,50-51,53-71H2,1-3H3/b10-7-,12-9-,19-16-,21-18-,26-23-,27-25-,32-30-,33-31-,36-35-,39-38-,46-44-,52-49-. The average Bonchev–Trinajstić information content (AvgIpc) is 3.46. The van der Waals surface area contributed by atoms with E-state index in [2.05, 4.69) is 167 Å². The van der Waals surface area contributed by atoms with E-state index >= 15 is 0 Å². The lowest BCUT2D eigenvalue weighted by atomic mass is 10.1. The molecule has 0 aliphatic heterocycles. The average molecular weight is 1120 g/mol. The molecular formula is C75H122O6. The number of hydrogen-bond donors (Lipinski definition) is 0. The number of rotatable bonds is 59. The molecule has 0 saturated carbocycles. The molecule has 0 heterocycles. The number of carbonyl (C=O) groups excluding carboxylic acids is 3. The van der Waals surface area contributed by atoms with Gasteiger partial charge in [0.15, 0.2) is 6.10 Å². The summed E-state index contributed by atoms with van der Waals surface area (Å²) in [5.41, 5.74) is 0. The number of allylic oxidation sites excluding steroid dienone is 24. The minimum atomic E-state index is -0.806. The van der Waals surface area contributed by atoms with Gasteiger partial charge in [-0.1, -0.05) is 276 Å². The Morgan fingerprint density at radius 3 is 0.765 bits per heavy atom. The van der Waals surface area contributed by atoms with Crippen LogP contribution in [0.4, 0.5) is 0 Å². The van der Waals surface area contributed by atoms with Crippen LogP contribution in [-0.4, -0.2) is 37.2 Å². The van der Waals surface area contributed by atoms with Crippen molar-refractivity contribution in [3.8, 4) is 0 Å². The Kier molecular flexibility index (Phi) is 63.9. The van der Waals surface area contributed by atoms with Crippen LogP contribution >= 0.6 is 0 Å². The summed E-state index contributed by atoms with van der Waals surface area (Å²) in [5, 5.41) is 0. The van der Waals surface area contributed by atoms with Crippen LogP contribution in [0.5, 0.6) is 0 Å². The Morgan fingerprint density at radius 2 is 0.481 bits per heavy atom. The van der Waals surface area contributed by atoms with Crippen LogP contribution < -0.4 is 0 Å². The largest absolute Gasteiger partial charge is 0.462 e. The SMILES string of the molecule is CC/C=C\C/C=C\C/C=C\C/C=C\C/C=C\C/C=C\CCCCCCCCCCCCC(=O)OCC(COC(=O)CCCCC/C=C\C/C=C\C/C=C\CC)OC(=O)CCCCCCCC/C=C\C/C=C\C/C=C\CCCCCCC. The van der Waals surface area contributed by atoms with Gasteiger partial charge in [-0.25, -0.2) is 0 Å². The minimum absolute atomic E-state index is 0.0996. The van der Waals surface area contributed by atoms with Gasteiger partial charge in [-0.15, -0.1) is 0 Å². The molecule has 0 aromatic heterocycles. The fraction of sp³-hybridized carbons (Fsp3) is 0.640. The molecule has 0 saturated heterocycles. The Bertz CT molecular complexity index is 1760. The van der Waals surface area contributed by atoms with Gasteiger partial charge in [-0.2, -0.15) is 0 Å². The molecule has 0 radical (unpaired) electrons. The first-order chi connectivity index (χ1) is 40.0. The van der Waals surface area contributed by atoms with E-state index in [1.807, 2.05) is 0 Å². The van der Waals surface area contributed by atoms with Crippen LogP contribution in [0, 0.1) is 0 Å². The van der Waals surface area contributed by atoms with E-state index < -0.39 is 6.10 Å². The molecule has 0 aromatic rings. The highest BCUT2D eigenvalue weighted by molar-refractivity contribution is 5.71. The lowest BCUT2D eigenvalue weighted by Crippen LogP contribution is -2.30. The Balaban J connectivity index is 4.36. The van der Waals surface area contributed by atoms with Crippen molar-refractivity contribution in [1.29, 1.82) is 0 Å². The van der Waals surface area contributed by atoms with Crippen molar-refractivity contribution in [2.75, 3.05) is 13.2 Å². The van der Waals surface area contributed by atoms with Crippen molar-refractivity contribution in [2.45, 2.75) is 297 Å². The summed E-state index contributed by atoms with van der Waals surface area (Å²) < 4.78 is 16.9. The molecule has 1 unspecified atom stereocenters. The zero-order valence-electron chi connectivity index (χ0n) is 52.5. The fourth-order valence-electron chi connectivity index (χ4n) is 8.88. The first-order valence-corrected chi connectivity index (χ1v) is 33.3. The molecule has 0 amide bonds. The van der Waals surface area contributed by atoms with Crippen LogP contribution in [0.2, 0.25) is 0 Å². The lowest BCUT2D eigenvalue weighted by molar-refractivity contribution is -0.167. The van der Waals surface area contributed by atoms with Crippen molar-refractivity contribution < 1.29 is 28.6 Å². The number of esters is 3. The molecule has 0 N–H and O–H groups in total. The molecule has 1 atom stereocenters. The Hall–Kier alpha value is -4.71. The topological polar surface area (TPSA) is 78.9 Å². The van der Waals surface area contributed by atoms with Gasteiger partial charge >= 0.3 is 17.9 Å². The third-order valence-corrected chi connectivity index (χ3v) is 13.8. The Labute approximate surface area is 499 Å². The van der Waals surface area contributed by atoms with E-state index in [1.165, 1.54) is 103 Å². The van der Waals surface area contributed by atoms with Gasteiger partial charge in [0.05, 0.1) is 0 Å². The monoisotopic (exact) mass is 1120 g/mol. The molecule has 458 valence electrons. The van der Waals surface area contributed by atoms with Crippen molar-refractivity contribution in [1.82, 2.24) is 0 Å². The minimum Gasteiger partial charge on any atom is -0.462 e. The summed E-state index contributed by atoms with van der Waals surface area (Å²) in [7, 11) is 0. The summed E-state index contributed by atoms with van der Waals surface area (Å²) in [6.45, 7) is 6.37. The fourth-order valence-corrected chi connectivity index (χ4v) is 8.88. The summed E-state index contributed by atoms with van der Waals surface area (Å²) in [4.78, 5) is 38.3. The molecule has 0 rings (SSSR count). The van der Waals surface area contributed by atoms with Crippen LogP contribution in [0.15, 0.2) is 146 Å². The molecule has 6 nitrogen and oxygen atoms in total. The number of ether oxygens (including phenoxy) is 3. The lowest BCUT2D eigenvalue weighted by Gasteiger charge is -2.18. The van der Waals surface area contributed by atoms with E-state index in [1.54, 1.807) is 0 Å². The highest BCUT2D eigenvalue weighted by atomic mass is 16.6. The van der Waals surface area contributed by atoms with Gasteiger partial charge in [0.1, 0.15) is 13.2 Å². The molecule has 0 aromatic carbocycles. The highest BCUT2D eigenvalue weighted by Crippen LogP contribution is 2.15. The summed E-state index contributed by atoms with van der Waals surface area (Å²) >= 11 is 0. The number of unbranched alkanes of at least 4 members (excludes halogenated alkanes) is 24. The molecule has 0 aliphatic carbocycles. The summed E-state index contributed by atoms with van der Waals surface area (Å²) in [5.74, 6) is -0.945. The predicted molar refractivity (Wildman–Crippen MR) is 352 cm³/mol. The quantitative estimate of drug-likeness (QED) is 0.0261. The smallest absolute Gasteiger partial charge is 0.306 e. The predicted octanol–water partition coefficient (Wildman–Crippen LogP) is 23.1. The van der Waals surface area contributed by atoms with Gasteiger partial charge in [-0.3, -0.25) is 14.4 Å². The molecule has 0 bridgehead atoms. The van der Waals surface area contributed by atoms with E-state index in [4.69, 9.17) is 14.2 Å². The van der Waals surface area contributed by atoms with Gasteiger partial charge in [-0.05, 0) is 141 Å². The van der Waals surface area contributed by atoms with E-state index in [0.29, 0.717) is 19.3 Å². The second kappa shape index (κ2) is 67.8. The zero-order valence-corrected chi connectivity index (χ0v) is 52.5. The maximum absolute atomic E-state index is 12.9. The van der Waals surface area contributed by atoms with Crippen LogP contribution in [0.1, 0.15) is 290 Å². The molecule has 6 heteroatoms. The first kappa shape index (κ1) is 76.3. The first-order valence-electron chi connectivity index (χ1n) is 33.3. The van der Waals surface area contributed by atoms with Crippen LogP contribution in [-0.2, 0) is 28.6 Å². The maximum Gasteiger partial charge on any atom is 0.306 e. The highest BCUT2D eigenvalue weighted by Gasteiger charge is 2.19. The summed E-state index contributed by atoms with van der Waals surface area (Å²) in [6, 6.07) is 0. The van der Waals surface area contributed by atoms with E-state index in [0.717, 1.165) is 148 Å². The van der Waals surface area contributed by atoms with Crippen LogP contribution in [0.3, 0.4) is 0 Å². The number of carbonyl (C=O) groups is 3. The number of hydrogen-bond acceptors (Lipinski definition) is 6. The van der Waals surface area contributed by atoms with Crippen molar-refractivity contribution >= 4 is 17.9 Å². The third-order valence-electron chi connectivity index (χ3n) is 13.8. The molecule has 0 fully saturated rings. The molecule has 0 aliphatic rings. The van der Waals surface area contributed by atoms with Gasteiger partial charge in [0.2, 0.25) is 0 Å². The van der Waals surface area contributed by atoms with Crippen molar-refractivity contribution in [2.24, 2.45) is 0 Å². The maximum atomic E-state index is 12.9. The molecule has 0 spiro atoms. The zero-order chi connectivity index (χ0) is 58.5. The second-order valence-electron chi connectivity index (χ2n) is 21.6. The normalized spacial score (nSPS) is 13.1. The molecular weight excluding hydrogens is 997 g/mol. The van der Waals surface area contributed by atoms with Crippen molar-refractivity contribution in [3.63, 3.8) is 0 Å². The van der Waals surface area contributed by atoms with E-state index in [9.17, 15) is 14.4 Å². The van der Waals surface area contributed by atoms with Gasteiger partial charge in [0.25, 0.3) is 0 Å². The van der Waals surface area contributed by atoms with Gasteiger partial charge < -0.3 is 14.2 Å².